The van der Waals surface area contributed by atoms with Gasteiger partial charge in [-0.05, 0) is 49.9 Å². The first-order valence-electron chi connectivity index (χ1n) is 8.29. The van der Waals surface area contributed by atoms with Gasteiger partial charge in [0, 0.05) is 12.3 Å². The van der Waals surface area contributed by atoms with Crippen molar-refractivity contribution in [3.05, 3.63) is 39.8 Å². The van der Waals surface area contributed by atoms with Crippen LogP contribution in [0.3, 0.4) is 0 Å². The summed E-state index contributed by atoms with van der Waals surface area (Å²) in [5.74, 6) is 0.0529. The fraction of sp³-hybridized carbons (Fsp3) is 0.471. The predicted molar refractivity (Wildman–Crippen MR) is 97.1 cm³/mol. The first-order valence-corrected chi connectivity index (χ1v) is 9.27. The zero-order valence-electron chi connectivity index (χ0n) is 14.4. The molecule has 2 aromatic rings. The van der Waals surface area contributed by atoms with Gasteiger partial charge in [0.05, 0.1) is 18.4 Å². The largest absolute Gasteiger partial charge is 0.376 e. The molecule has 25 heavy (non-hydrogen) atoms. The molecule has 1 fully saturated rings. The average molecular weight is 362 g/mol. The van der Waals surface area contributed by atoms with Gasteiger partial charge in [0.15, 0.2) is 5.16 Å². The number of aryl methyl sites for hydroxylation is 2. The molecule has 1 aromatic carbocycles. The molecular formula is C17H22N4O3S. The molecular weight excluding hydrogens is 340 g/mol. The summed E-state index contributed by atoms with van der Waals surface area (Å²) in [7, 11) is 0. The summed E-state index contributed by atoms with van der Waals surface area (Å²) in [5.41, 5.74) is 2.70. The van der Waals surface area contributed by atoms with Crippen LogP contribution in [0, 0.1) is 13.8 Å². The van der Waals surface area contributed by atoms with Gasteiger partial charge in [-0.2, -0.15) is 0 Å². The highest BCUT2D eigenvalue weighted by atomic mass is 32.2. The van der Waals surface area contributed by atoms with E-state index in [0.717, 1.165) is 36.3 Å². The van der Waals surface area contributed by atoms with Gasteiger partial charge in [-0.1, -0.05) is 17.8 Å². The van der Waals surface area contributed by atoms with Crippen LogP contribution in [-0.4, -0.2) is 39.1 Å². The summed E-state index contributed by atoms with van der Waals surface area (Å²) in [4.78, 5) is 24.1. The second kappa shape index (κ2) is 7.88. The minimum atomic E-state index is -0.271. The van der Waals surface area contributed by atoms with Crippen LogP contribution in [-0.2, 0) is 16.1 Å². The van der Waals surface area contributed by atoms with E-state index in [1.165, 1.54) is 11.8 Å². The SMILES string of the molecule is Cc1cc(C)cc(NC(=O)CSc2n[nH]c(=O)n2C[C@@H]2CCCO2)c1. The van der Waals surface area contributed by atoms with Crippen LogP contribution in [0.5, 0.6) is 0 Å². The number of carbonyl (C=O) groups is 1. The Morgan fingerprint density at radius 1 is 1.40 bits per heavy atom. The standard InChI is InChI=1S/C17H22N4O3S/c1-11-6-12(2)8-13(7-11)18-15(22)10-25-17-20-19-16(23)21(17)9-14-4-3-5-24-14/h6-8,14H,3-5,9-10H2,1-2H3,(H,18,22)(H,19,23)/t14-/m0/s1. The molecule has 134 valence electrons. The van der Waals surface area contributed by atoms with Crippen molar-refractivity contribution in [2.45, 2.75) is 44.5 Å². The van der Waals surface area contributed by atoms with Crippen LogP contribution in [0.4, 0.5) is 5.69 Å². The number of amides is 1. The summed E-state index contributed by atoms with van der Waals surface area (Å²) in [6.07, 6.45) is 1.99. The fourth-order valence-electron chi connectivity index (χ4n) is 2.94. The van der Waals surface area contributed by atoms with Crippen LogP contribution < -0.4 is 11.0 Å². The number of H-pyrrole nitrogens is 1. The summed E-state index contributed by atoms with van der Waals surface area (Å²) in [6.45, 7) is 5.18. The molecule has 1 aliphatic rings. The van der Waals surface area contributed by atoms with Gasteiger partial charge in [-0.15, -0.1) is 5.10 Å². The minimum absolute atomic E-state index is 0.0405. The third-order valence-corrected chi connectivity index (χ3v) is 4.95. The maximum Gasteiger partial charge on any atom is 0.344 e. The Kier molecular flexibility index (Phi) is 5.60. The van der Waals surface area contributed by atoms with E-state index in [2.05, 4.69) is 21.6 Å². The Bertz CT molecular complexity index is 788. The number of ether oxygens (including phenoxy) is 1. The molecule has 0 spiro atoms. The van der Waals surface area contributed by atoms with Crippen molar-refractivity contribution in [1.29, 1.82) is 0 Å². The second-order valence-corrected chi connectivity index (χ2v) is 7.21. The molecule has 0 saturated carbocycles. The predicted octanol–water partition coefficient (Wildman–Crippen LogP) is 2.10. The highest BCUT2D eigenvalue weighted by Crippen LogP contribution is 2.19. The van der Waals surface area contributed by atoms with Crippen LogP contribution in [0.25, 0.3) is 0 Å². The Balaban J connectivity index is 1.59. The third kappa shape index (κ3) is 4.73. The number of hydrogen-bond donors (Lipinski definition) is 2. The first-order chi connectivity index (χ1) is 12.0. The number of thioether (sulfide) groups is 1. The quantitative estimate of drug-likeness (QED) is 0.768. The van der Waals surface area contributed by atoms with Gasteiger partial charge in [-0.25, -0.2) is 9.89 Å². The maximum atomic E-state index is 12.2. The van der Waals surface area contributed by atoms with Crippen LogP contribution in [0.1, 0.15) is 24.0 Å². The zero-order valence-corrected chi connectivity index (χ0v) is 15.2. The number of rotatable bonds is 6. The summed E-state index contributed by atoms with van der Waals surface area (Å²) in [5, 5.41) is 9.86. The molecule has 8 heteroatoms. The molecule has 2 N–H and O–H groups in total. The Hall–Kier alpha value is -2.06. The molecule has 0 bridgehead atoms. The average Bonchev–Trinajstić information content (AvgIpc) is 3.16. The van der Waals surface area contributed by atoms with Gasteiger partial charge < -0.3 is 10.1 Å². The number of nitrogens with one attached hydrogen (secondary N) is 2. The second-order valence-electron chi connectivity index (χ2n) is 6.27. The van der Waals surface area contributed by atoms with Crippen LogP contribution in [0.15, 0.2) is 28.2 Å². The van der Waals surface area contributed by atoms with Crippen molar-refractivity contribution in [3.63, 3.8) is 0 Å². The van der Waals surface area contributed by atoms with E-state index in [1.807, 2.05) is 26.0 Å². The molecule has 0 unspecified atom stereocenters. The Morgan fingerprint density at radius 3 is 2.84 bits per heavy atom. The van der Waals surface area contributed by atoms with E-state index in [4.69, 9.17) is 4.74 Å². The molecule has 1 amide bonds. The molecule has 1 aromatic heterocycles. The lowest BCUT2D eigenvalue weighted by molar-refractivity contribution is -0.113. The van der Waals surface area contributed by atoms with Crippen molar-refractivity contribution in [1.82, 2.24) is 14.8 Å². The number of aromatic amines is 1. The summed E-state index contributed by atoms with van der Waals surface area (Å²) in [6, 6.07) is 5.91. The molecule has 1 atom stereocenters. The number of hydrogen-bond acceptors (Lipinski definition) is 5. The van der Waals surface area contributed by atoms with Crippen LogP contribution >= 0.6 is 11.8 Å². The lowest BCUT2D eigenvalue weighted by Gasteiger charge is -2.11. The first kappa shape index (κ1) is 17.8. The Morgan fingerprint density at radius 2 is 2.16 bits per heavy atom. The number of nitrogens with zero attached hydrogens (tertiary/aromatic N) is 2. The van der Waals surface area contributed by atoms with E-state index in [9.17, 15) is 9.59 Å². The molecule has 7 nitrogen and oxygen atoms in total. The topological polar surface area (TPSA) is 89.0 Å². The van der Waals surface area contributed by atoms with Crippen molar-refractivity contribution >= 4 is 23.4 Å². The number of benzene rings is 1. The molecule has 3 rings (SSSR count). The van der Waals surface area contributed by atoms with Crippen molar-refractivity contribution in [3.8, 4) is 0 Å². The summed E-state index contributed by atoms with van der Waals surface area (Å²) < 4.78 is 7.12. The molecule has 0 radical (unpaired) electrons. The van der Waals surface area contributed by atoms with Crippen molar-refractivity contribution < 1.29 is 9.53 Å². The monoisotopic (exact) mass is 362 g/mol. The third-order valence-electron chi connectivity index (χ3n) is 3.97. The van der Waals surface area contributed by atoms with Crippen molar-refractivity contribution in [2.24, 2.45) is 0 Å². The fourth-order valence-corrected chi connectivity index (χ4v) is 3.70. The van der Waals surface area contributed by atoms with E-state index >= 15 is 0 Å². The smallest absolute Gasteiger partial charge is 0.344 e. The van der Waals surface area contributed by atoms with Gasteiger partial charge >= 0.3 is 5.69 Å². The lowest BCUT2D eigenvalue weighted by Crippen LogP contribution is -2.25. The van der Waals surface area contributed by atoms with E-state index in [-0.39, 0.29) is 23.5 Å². The number of anilines is 1. The summed E-state index contributed by atoms with van der Waals surface area (Å²) >= 11 is 1.24. The zero-order chi connectivity index (χ0) is 17.8. The normalized spacial score (nSPS) is 17.0. The van der Waals surface area contributed by atoms with Crippen molar-refractivity contribution in [2.75, 3.05) is 17.7 Å². The maximum absolute atomic E-state index is 12.2. The highest BCUT2D eigenvalue weighted by Gasteiger charge is 2.20. The van der Waals surface area contributed by atoms with E-state index < -0.39 is 0 Å². The lowest BCUT2D eigenvalue weighted by atomic mass is 10.1. The van der Waals surface area contributed by atoms with Gasteiger partial charge in [0.2, 0.25) is 5.91 Å². The van der Waals surface area contributed by atoms with Crippen LogP contribution in [0.2, 0.25) is 0 Å². The molecule has 0 aliphatic carbocycles. The number of aromatic nitrogens is 3. The number of carbonyl (C=O) groups excluding carboxylic acids is 1. The highest BCUT2D eigenvalue weighted by molar-refractivity contribution is 7.99. The molecule has 1 saturated heterocycles. The molecule has 2 heterocycles. The van der Waals surface area contributed by atoms with E-state index in [1.54, 1.807) is 4.57 Å². The van der Waals surface area contributed by atoms with E-state index in [0.29, 0.717) is 11.7 Å². The van der Waals surface area contributed by atoms with Gasteiger partial charge in [0.25, 0.3) is 0 Å². The van der Waals surface area contributed by atoms with Gasteiger partial charge in [0.1, 0.15) is 0 Å². The molecule has 1 aliphatic heterocycles. The minimum Gasteiger partial charge on any atom is -0.376 e. The Labute approximate surface area is 150 Å². The van der Waals surface area contributed by atoms with Gasteiger partial charge in [-0.3, -0.25) is 9.36 Å².